The van der Waals surface area contributed by atoms with Crippen molar-refractivity contribution < 1.29 is 9.53 Å². The van der Waals surface area contributed by atoms with Gasteiger partial charge in [-0.2, -0.15) is 0 Å². The lowest BCUT2D eigenvalue weighted by molar-refractivity contribution is -0.133. The molecule has 0 fully saturated rings. The molecule has 0 atom stereocenters. The van der Waals surface area contributed by atoms with E-state index in [-0.39, 0.29) is 5.97 Å². The molecule has 0 radical (unpaired) electrons. The van der Waals surface area contributed by atoms with Gasteiger partial charge >= 0.3 is 5.97 Å². The van der Waals surface area contributed by atoms with Crippen LogP contribution in [0.5, 0.6) is 5.75 Å². The Balaban J connectivity index is 1.71. The molecule has 2 nitrogen and oxygen atoms in total. The van der Waals surface area contributed by atoms with Gasteiger partial charge in [0.2, 0.25) is 0 Å². The van der Waals surface area contributed by atoms with E-state index in [1.54, 1.807) is 0 Å². The number of hydrogen-bond donors (Lipinski definition) is 0. The van der Waals surface area contributed by atoms with Gasteiger partial charge in [0.15, 0.2) is 0 Å². The maximum Gasteiger partial charge on any atom is 0.311 e. The van der Waals surface area contributed by atoms with Gasteiger partial charge in [0.05, 0.1) is 6.42 Å². The van der Waals surface area contributed by atoms with Crippen LogP contribution in [-0.2, 0) is 11.2 Å². The SMILES string of the molecule is C=CCc1ccccc1OC(=O)CCP(c1ccccc1)c1ccccc1. The largest absolute Gasteiger partial charge is 0.426 e. The van der Waals surface area contributed by atoms with Crippen LogP contribution < -0.4 is 15.3 Å². The first kappa shape index (κ1) is 19.1. The Bertz CT molecular complexity index is 836. The van der Waals surface area contributed by atoms with Crippen molar-refractivity contribution in [2.24, 2.45) is 0 Å². The average molecular weight is 374 g/mol. The molecular formula is C24H23O2P. The summed E-state index contributed by atoms with van der Waals surface area (Å²) in [4.78, 5) is 12.5. The van der Waals surface area contributed by atoms with Gasteiger partial charge in [0.1, 0.15) is 5.75 Å². The quantitative estimate of drug-likeness (QED) is 0.244. The predicted molar refractivity (Wildman–Crippen MR) is 115 cm³/mol. The lowest BCUT2D eigenvalue weighted by atomic mass is 10.1. The number of allylic oxidation sites excluding steroid dienone is 1. The van der Waals surface area contributed by atoms with Crippen molar-refractivity contribution in [3.8, 4) is 5.75 Å². The van der Waals surface area contributed by atoms with Gasteiger partial charge < -0.3 is 4.74 Å². The van der Waals surface area contributed by atoms with Crippen molar-refractivity contribution >= 4 is 24.5 Å². The fourth-order valence-corrected chi connectivity index (χ4v) is 5.21. The fourth-order valence-electron chi connectivity index (χ4n) is 2.93. The van der Waals surface area contributed by atoms with Crippen molar-refractivity contribution in [1.82, 2.24) is 0 Å². The van der Waals surface area contributed by atoms with Crippen molar-refractivity contribution in [3.63, 3.8) is 0 Å². The minimum Gasteiger partial charge on any atom is -0.426 e. The van der Waals surface area contributed by atoms with Crippen LogP contribution in [0.2, 0.25) is 0 Å². The number of hydrogen-bond acceptors (Lipinski definition) is 2. The number of para-hydroxylation sites is 1. The van der Waals surface area contributed by atoms with E-state index in [0.717, 1.165) is 11.7 Å². The molecule has 0 spiro atoms. The molecule has 0 N–H and O–H groups in total. The molecular weight excluding hydrogens is 351 g/mol. The first-order valence-corrected chi connectivity index (χ1v) is 10.6. The standard InChI is InChI=1S/C24H23O2P/c1-2-11-20-12-9-10-17-23(20)26-24(25)18-19-27(21-13-5-3-6-14-21)22-15-7-4-8-16-22/h2-10,12-17H,1,11,18-19H2. The minimum absolute atomic E-state index is 0.189. The van der Waals surface area contributed by atoms with Crippen LogP contribution in [0.1, 0.15) is 12.0 Å². The second kappa shape index (κ2) is 9.85. The van der Waals surface area contributed by atoms with E-state index in [4.69, 9.17) is 4.74 Å². The zero-order valence-electron chi connectivity index (χ0n) is 15.3. The highest BCUT2D eigenvalue weighted by Crippen LogP contribution is 2.34. The summed E-state index contributed by atoms with van der Waals surface area (Å²) in [6.45, 7) is 3.77. The Morgan fingerprint density at radius 1 is 0.852 bits per heavy atom. The summed E-state index contributed by atoms with van der Waals surface area (Å²) >= 11 is 0. The highest BCUT2D eigenvalue weighted by atomic mass is 31.1. The Morgan fingerprint density at radius 3 is 2.00 bits per heavy atom. The van der Waals surface area contributed by atoms with E-state index in [0.29, 0.717) is 18.6 Å². The first-order chi connectivity index (χ1) is 13.3. The summed E-state index contributed by atoms with van der Waals surface area (Å²) in [7, 11) is -0.589. The number of esters is 1. The molecule has 0 aliphatic rings. The topological polar surface area (TPSA) is 26.3 Å². The summed E-state index contributed by atoms with van der Waals surface area (Å²) < 4.78 is 5.64. The molecule has 3 heteroatoms. The molecule has 3 rings (SSSR count). The van der Waals surface area contributed by atoms with Crippen LogP contribution >= 0.6 is 7.92 Å². The molecule has 0 heterocycles. The van der Waals surface area contributed by atoms with Crippen LogP contribution in [0.15, 0.2) is 97.6 Å². The van der Waals surface area contributed by atoms with Crippen molar-refractivity contribution in [3.05, 3.63) is 103 Å². The fraction of sp³-hybridized carbons (Fsp3) is 0.125. The molecule has 3 aromatic carbocycles. The van der Waals surface area contributed by atoms with E-state index in [9.17, 15) is 4.79 Å². The molecule has 27 heavy (non-hydrogen) atoms. The number of rotatable bonds is 8. The Hall–Kier alpha value is -2.70. The third-order valence-corrected chi connectivity index (χ3v) is 6.75. The molecule has 136 valence electrons. The van der Waals surface area contributed by atoms with Crippen LogP contribution in [0.4, 0.5) is 0 Å². The van der Waals surface area contributed by atoms with Crippen LogP contribution in [-0.4, -0.2) is 12.1 Å². The molecule has 0 bridgehead atoms. The summed E-state index contributed by atoms with van der Waals surface area (Å²) in [5.74, 6) is 0.442. The van der Waals surface area contributed by atoms with Crippen LogP contribution in [0.25, 0.3) is 0 Å². The Kier molecular flexibility index (Phi) is 6.96. The van der Waals surface area contributed by atoms with Gasteiger partial charge in [-0.05, 0) is 42.7 Å². The maximum atomic E-state index is 12.5. The number of carbonyl (C=O) groups excluding carboxylic acids is 1. The van der Waals surface area contributed by atoms with E-state index >= 15 is 0 Å². The maximum absolute atomic E-state index is 12.5. The lowest BCUT2D eigenvalue weighted by Gasteiger charge is -2.18. The third-order valence-electron chi connectivity index (χ3n) is 4.24. The van der Waals surface area contributed by atoms with Gasteiger partial charge in [0.25, 0.3) is 0 Å². The van der Waals surface area contributed by atoms with Gasteiger partial charge in [0, 0.05) is 0 Å². The molecule has 0 aliphatic carbocycles. The van der Waals surface area contributed by atoms with Gasteiger partial charge in [-0.15, -0.1) is 6.58 Å². The molecule has 0 aromatic heterocycles. The molecule has 0 aliphatic heterocycles. The van der Waals surface area contributed by atoms with Crippen molar-refractivity contribution in [2.45, 2.75) is 12.8 Å². The first-order valence-electron chi connectivity index (χ1n) is 9.05. The highest BCUT2D eigenvalue weighted by molar-refractivity contribution is 7.73. The summed E-state index contributed by atoms with van der Waals surface area (Å²) in [5.41, 5.74) is 0.981. The lowest BCUT2D eigenvalue weighted by Crippen LogP contribution is -2.17. The van der Waals surface area contributed by atoms with E-state index in [1.807, 2.05) is 42.5 Å². The van der Waals surface area contributed by atoms with Gasteiger partial charge in [-0.25, -0.2) is 0 Å². The molecule has 3 aromatic rings. The predicted octanol–water partition coefficient (Wildman–Crippen LogP) is 4.84. The van der Waals surface area contributed by atoms with Crippen LogP contribution in [0.3, 0.4) is 0 Å². The van der Waals surface area contributed by atoms with Crippen LogP contribution in [0, 0.1) is 0 Å². The summed E-state index contributed by atoms with van der Waals surface area (Å²) in [5, 5.41) is 2.55. The highest BCUT2D eigenvalue weighted by Gasteiger charge is 2.16. The van der Waals surface area contributed by atoms with E-state index in [1.165, 1.54) is 10.6 Å². The van der Waals surface area contributed by atoms with Crippen molar-refractivity contribution in [1.29, 1.82) is 0 Å². The molecule has 0 saturated heterocycles. The average Bonchev–Trinajstić information content (AvgIpc) is 2.71. The molecule has 0 saturated carbocycles. The van der Waals surface area contributed by atoms with Gasteiger partial charge in [-0.1, -0.05) is 84.9 Å². The minimum atomic E-state index is -0.589. The zero-order valence-corrected chi connectivity index (χ0v) is 16.1. The normalized spacial score (nSPS) is 10.6. The smallest absolute Gasteiger partial charge is 0.311 e. The second-order valence-corrected chi connectivity index (χ2v) is 8.48. The number of carbonyl (C=O) groups is 1. The number of benzene rings is 3. The van der Waals surface area contributed by atoms with Gasteiger partial charge in [-0.3, -0.25) is 4.79 Å². The summed E-state index contributed by atoms with van der Waals surface area (Å²) in [6, 6.07) is 28.5. The Morgan fingerprint density at radius 2 is 1.41 bits per heavy atom. The zero-order chi connectivity index (χ0) is 18.9. The van der Waals surface area contributed by atoms with Crippen molar-refractivity contribution in [2.75, 3.05) is 6.16 Å². The molecule has 0 amide bonds. The van der Waals surface area contributed by atoms with E-state index in [2.05, 4.69) is 55.1 Å². The van der Waals surface area contributed by atoms with E-state index < -0.39 is 7.92 Å². The summed E-state index contributed by atoms with van der Waals surface area (Å²) in [6.07, 6.45) is 3.66. The molecule has 0 unspecified atom stereocenters. The Labute approximate surface area is 162 Å². The second-order valence-electron chi connectivity index (χ2n) is 6.15. The third kappa shape index (κ3) is 5.39. The monoisotopic (exact) mass is 374 g/mol. The number of ether oxygens (including phenoxy) is 1.